The van der Waals surface area contributed by atoms with E-state index in [1.165, 1.54) is 32.1 Å². The summed E-state index contributed by atoms with van der Waals surface area (Å²) in [5.74, 6) is 0.905. The molecule has 0 aromatic heterocycles. The third-order valence-corrected chi connectivity index (χ3v) is 5.54. The Morgan fingerprint density at radius 2 is 1.62 bits per heavy atom. The van der Waals surface area contributed by atoms with Crippen molar-refractivity contribution in [2.24, 2.45) is 5.92 Å². The molecule has 2 aliphatic carbocycles. The van der Waals surface area contributed by atoms with Gasteiger partial charge in [0.25, 0.3) is 0 Å². The van der Waals surface area contributed by atoms with Crippen molar-refractivity contribution in [3.63, 3.8) is 0 Å². The van der Waals surface area contributed by atoms with E-state index in [4.69, 9.17) is 0 Å². The van der Waals surface area contributed by atoms with Gasteiger partial charge >= 0.3 is 0 Å². The molecule has 3 rings (SSSR count). The van der Waals surface area contributed by atoms with Gasteiger partial charge in [0, 0.05) is 6.04 Å². The lowest BCUT2D eigenvalue weighted by Gasteiger charge is -2.23. The third-order valence-electron chi connectivity index (χ3n) is 5.54. The summed E-state index contributed by atoms with van der Waals surface area (Å²) in [6.45, 7) is 0.882. The molecule has 0 aromatic rings. The number of amides is 2. The molecule has 1 N–H and O–H groups in total. The van der Waals surface area contributed by atoms with Crippen LogP contribution >= 0.6 is 0 Å². The van der Waals surface area contributed by atoms with Crippen LogP contribution in [-0.2, 0) is 9.59 Å². The highest BCUT2D eigenvalue weighted by Crippen LogP contribution is 2.29. The van der Waals surface area contributed by atoms with Crippen molar-refractivity contribution in [1.29, 1.82) is 0 Å². The van der Waals surface area contributed by atoms with E-state index in [-0.39, 0.29) is 23.9 Å². The second kappa shape index (κ2) is 6.91. The van der Waals surface area contributed by atoms with E-state index >= 15 is 0 Å². The Morgan fingerprint density at radius 3 is 2.33 bits per heavy atom. The molecule has 1 unspecified atom stereocenters. The summed E-state index contributed by atoms with van der Waals surface area (Å²) in [7, 11) is 0. The highest BCUT2D eigenvalue weighted by molar-refractivity contribution is 6.05. The minimum atomic E-state index is -0.248. The molecule has 0 aromatic carbocycles. The average Bonchev–Trinajstić information content (AvgIpc) is 3.09. The molecule has 1 atom stereocenters. The number of hydrogen-bond acceptors (Lipinski definition) is 3. The van der Waals surface area contributed by atoms with Gasteiger partial charge in [-0.1, -0.05) is 44.9 Å². The fourth-order valence-electron chi connectivity index (χ4n) is 4.29. The second-order valence-corrected chi connectivity index (χ2v) is 7.04. The maximum absolute atomic E-state index is 12.4. The van der Waals surface area contributed by atoms with Crippen molar-refractivity contribution in [1.82, 2.24) is 10.2 Å². The fraction of sp³-hybridized carbons (Fsp3) is 0.882. The molecule has 3 aliphatic rings. The predicted molar refractivity (Wildman–Crippen MR) is 81.7 cm³/mol. The molecule has 1 saturated heterocycles. The molecular weight excluding hydrogens is 264 g/mol. The number of carbonyl (C=O) groups is 2. The van der Waals surface area contributed by atoms with Gasteiger partial charge in [0.15, 0.2) is 0 Å². The Kier molecular flexibility index (Phi) is 4.94. The monoisotopic (exact) mass is 292 g/mol. The Balaban J connectivity index is 1.45. The fourth-order valence-corrected chi connectivity index (χ4v) is 4.29. The van der Waals surface area contributed by atoms with Crippen LogP contribution in [0.4, 0.5) is 0 Å². The molecule has 118 valence electrons. The van der Waals surface area contributed by atoms with E-state index in [0.717, 1.165) is 44.6 Å². The largest absolute Gasteiger partial charge is 0.305 e. The van der Waals surface area contributed by atoms with Crippen LogP contribution in [0.2, 0.25) is 0 Å². The Labute approximate surface area is 127 Å². The van der Waals surface area contributed by atoms with Crippen LogP contribution in [0.25, 0.3) is 0 Å². The summed E-state index contributed by atoms with van der Waals surface area (Å²) in [5.41, 5.74) is 0. The van der Waals surface area contributed by atoms with Crippen LogP contribution in [0.1, 0.15) is 70.6 Å². The van der Waals surface area contributed by atoms with Crippen molar-refractivity contribution in [2.75, 3.05) is 6.54 Å². The number of nitrogens with zero attached hydrogens (tertiary/aromatic N) is 1. The molecular formula is C17H28N2O2. The third kappa shape index (κ3) is 3.47. The smallest absolute Gasteiger partial charge is 0.247 e. The van der Waals surface area contributed by atoms with Crippen molar-refractivity contribution < 1.29 is 9.59 Å². The van der Waals surface area contributed by atoms with Gasteiger partial charge in [-0.05, 0) is 31.7 Å². The van der Waals surface area contributed by atoms with Gasteiger partial charge in [-0.25, -0.2) is 0 Å². The van der Waals surface area contributed by atoms with E-state index in [1.54, 1.807) is 4.90 Å². The maximum atomic E-state index is 12.4. The Bertz CT molecular complexity index is 384. The summed E-state index contributed by atoms with van der Waals surface area (Å²) in [6.07, 6.45) is 12.6. The highest BCUT2D eigenvalue weighted by Gasteiger charge is 2.42. The van der Waals surface area contributed by atoms with Crippen LogP contribution in [0, 0.1) is 5.92 Å². The van der Waals surface area contributed by atoms with Gasteiger partial charge in [0.1, 0.15) is 0 Å². The lowest BCUT2D eigenvalue weighted by molar-refractivity contribution is -0.141. The van der Waals surface area contributed by atoms with Crippen LogP contribution in [-0.4, -0.2) is 35.3 Å². The zero-order valence-electron chi connectivity index (χ0n) is 13.0. The molecule has 3 fully saturated rings. The Morgan fingerprint density at radius 1 is 0.952 bits per heavy atom. The molecule has 1 aliphatic heterocycles. The van der Waals surface area contributed by atoms with E-state index in [0.29, 0.717) is 6.42 Å². The minimum absolute atomic E-state index is 0.0375. The zero-order valence-corrected chi connectivity index (χ0v) is 13.0. The first-order chi connectivity index (χ1) is 10.3. The normalized spacial score (nSPS) is 28.8. The van der Waals surface area contributed by atoms with E-state index in [2.05, 4.69) is 5.32 Å². The van der Waals surface area contributed by atoms with Crippen molar-refractivity contribution in [3.05, 3.63) is 0 Å². The molecule has 4 heteroatoms. The van der Waals surface area contributed by atoms with E-state index in [1.807, 2.05) is 0 Å². The average molecular weight is 292 g/mol. The molecule has 0 spiro atoms. The van der Waals surface area contributed by atoms with E-state index < -0.39 is 0 Å². The zero-order chi connectivity index (χ0) is 14.7. The first-order valence-corrected chi connectivity index (χ1v) is 8.85. The lowest BCUT2D eigenvalue weighted by atomic mass is 9.87. The van der Waals surface area contributed by atoms with Crippen molar-refractivity contribution in [2.45, 2.75) is 82.7 Å². The first-order valence-electron chi connectivity index (χ1n) is 8.85. The predicted octanol–water partition coefficient (Wildman–Crippen LogP) is 2.62. The summed E-state index contributed by atoms with van der Waals surface area (Å²) in [4.78, 5) is 26.1. The van der Waals surface area contributed by atoms with Crippen LogP contribution in [0.15, 0.2) is 0 Å². The number of rotatable bonds is 5. The van der Waals surface area contributed by atoms with Gasteiger partial charge in [0.2, 0.25) is 11.8 Å². The number of carbonyl (C=O) groups excluding carboxylic acids is 2. The number of imide groups is 1. The quantitative estimate of drug-likeness (QED) is 0.792. The topological polar surface area (TPSA) is 49.4 Å². The number of nitrogens with one attached hydrogen (secondary N) is 1. The van der Waals surface area contributed by atoms with Crippen molar-refractivity contribution >= 4 is 11.8 Å². The van der Waals surface area contributed by atoms with Crippen molar-refractivity contribution in [3.8, 4) is 0 Å². The van der Waals surface area contributed by atoms with Crippen LogP contribution < -0.4 is 5.32 Å². The van der Waals surface area contributed by atoms with Gasteiger partial charge in [0.05, 0.1) is 12.5 Å². The first kappa shape index (κ1) is 15.0. The standard InChI is InChI=1S/C17H28N2O2/c20-16-12-15(17(21)19(16)14-8-4-5-9-14)18-11-10-13-6-2-1-3-7-13/h13-15,18H,1-12H2. The van der Waals surface area contributed by atoms with Gasteiger partial charge in [-0.15, -0.1) is 0 Å². The van der Waals surface area contributed by atoms with Gasteiger partial charge < -0.3 is 5.32 Å². The lowest BCUT2D eigenvalue weighted by Crippen LogP contribution is -2.43. The maximum Gasteiger partial charge on any atom is 0.247 e. The summed E-state index contributed by atoms with van der Waals surface area (Å²) >= 11 is 0. The molecule has 2 saturated carbocycles. The minimum Gasteiger partial charge on any atom is -0.305 e. The highest BCUT2D eigenvalue weighted by atomic mass is 16.2. The van der Waals surface area contributed by atoms with Crippen LogP contribution in [0.3, 0.4) is 0 Å². The van der Waals surface area contributed by atoms with Crippen LogP contribution in [0.5, 0.6) is 0 Å². The molecule has 4 nitrogen and oxygen atoms in total. The molecule has 0 radical (unpaired) electrons. The second-order valence-electron chi connectivity index (χ2n) is 7.04. The van der Waals surface area contributed by atoms with E-state index in [9.17, 15) is 9.59 Å². The number of hydrogen-bond donors (Lipinski definition) is 1. The molecule has 1 heterocycles. The van der Waals surface area contributed by atoms with Gasteiger partial charge in [-0.2, -0.15) is 0 Å². The summed E-state index contributed by atoms with van der Waals surface area (Å²) < 4.78 is 0. The van der Waals surface area contributed by atoms with Gasteiger partial charge in [-0.3, -0.25) is 14.5 Å². The molecule has 0 bridgehead atoms. The summed E-state index contributed by atoms with van der Waals surface area (Å²) in [6, 6.07) is -0.0585. The molecule has 2 amide bonds. The molecule has 21 heavy (non-hydrogen) atoms. The number of likely N-dealkylation sites (tertiary alicyclic amines) is 1. The summed E-state index contributed by atoms with van der Waals surface area (Å²) in [5, 5.41) is 3.35. The Hall–Kier alpha value is -0.900. The SMILES string of the molecule is O=C1CC(NCCC2CCCCC2)C(=O)N1C1CCCC1.